The van der Waals surface area contributed by atoms with Crippen LogP contribution in [0.2, 0.25) is 0 Å². The number of ether oxygens (including phenoxy) is 1. The van der Waals surface area contributed by atoms with Crippen molar-refractivity contribution in [1.82, 2.24) is 10.2 Å². The Morgan fingerprint density at radius 1 is 0.717 bits per heavy atom. The van der Waals surface area contributed by atoms with Gasteiger partial charge in [0.1, 0.15) is 12.6 Å². The Morgan fingerprint density at radius 3 is 1.89 bits per heavy atom. The van der Waals surface area contributed by atoms with E-state index in [1.54, 1.807) is 4.90 Å². The lowest BCUT2D eigenvalue weighted by atomic mass is 9.88. The lowest BCUT2D eigenvalue weighted by Gasteiger charge is -2.38. The maximum absolute atomic E-state index is 14.9. The minimum absolute atomic E-state index is 0.155. The van der Waals surface area contributed by atoms with Crippen molar-refractivity contribution in [1.29, 1.82) is 0 Å². The summed E-state index contributed by atoms with van der Waals surface area (Å²) in [6.45, 7) is 2.34. The van der Waals surface area contributed by atoms with E-state index in [2.05, 4.69) is 11.4 Å². The molecule has 0 aliphatic carbocycles. The van der Waals surface area contributed by atoms with Gasteiger partial charge in [-0.1, -0.05) is 127 Å². The molecule has 2 atom stereocenters. The maximum Gasteiger partial charge on any atom is 0.407 e. The van der Waals surface area contributed by atoms with E-state index in [1.807, 2.05) is 134 Å². The Hall–Kier alpha value is -5.43. The topological polar surface area (TPSA) is 102 Å². The van der Waals surface area contributed by atoms with Crippen molar-refractivity contribution in [3.05, 3.63) is 156 Å². The summed E-state index contributed by atoms with van der Waals surface area (Å²) < 4.78 is 5.32. The van der Waals surface area contributed by atoms with Crippen LogP contribution in [-0.4, -0.2) is 35.4 Å². The highest BCUT2D eigenvalue weighted by atomic mass is 16.5. The second-order valence-electron chi connectivity index (χ2n) is 11.3. The molecule has 7 heteroatoms. The molecule has 0 unspecified atom stereocenters. The van der Waals surface area contributed by atoms with Gasteiger partial charge in [0, 0.05) is 6.54 Å². The first-order valence-corrected chi connectivity index (χ1v) is 15.6. The minimum Gasteiger partial charge on any atom is -0.445 e. The lowest BCUT2D eigenvalue weighted by molar-refractivity contribution is -0.142. The number of nitrogens with one attached hydrogen (secondary N) is 1. The zero-order valence-electron chi connectivity index (χ0n) is 25.9. The molecule has 46 heavy (non-hydrogen) atoms. The van der Waals surface area contributed by atoms with Crippen molar-refractivity contribution in [3.8, 4) is 0 Å². The molecule has 0 fully saturated rings. The molecule has 5 aromatic carbocycles. The molecule has 7 nitrogen and oxygen atoms in total. The Morgan fingerprint density at radius 2 is 1.28 bits per heavy atom. The molecule has 0 spiro atoms. The molecule has 0 radical (unpaired) electrons. The summed E-state index contributed by atoms with van der Waals surface area (Å²) in [6, 6.07) is 41.3. The Labute approximate surface area is 270 Å². The predicted molar refractivity (Wildman–Crippen MR) is 181 cm³/mol. The number of rotatable bonds is 13. The van der Waals surface area contributed by atoms with Crippen LogP contribution in [0.1, 0.15) is 54.0 Å². The van der Waals surface area contributed by atoms with Gasteiger partial charge in [0.05, 0.1) is 12.0 Å². The average molecular weight is 614 g/mol. The number of hydrogen-bond acceptors (Lipinski definition) is 4. The Balaban J connectivity index is 1.41. The minimum atomic E-state index is -0.925. The number of carbonyl (C=O) groups is 3. The van der Waals surface area contributed by atoms with Gasteiger partial charge in [-0.15, -0.1) is 0 Å². The number of primary amides is 1. The highest BCUT2D eigenvalue weighted by Crippen LogP contribution is 2.34. The number of benzene rings is 5. The van der Waals surface area contributed by atoms with E-state index in [0.717, 1.165) is 33.0 Å². The average Bonchev–Trinajstić information content (AvgIpc) is 3.09. The summed E-state index contributed by atoms with van der Waals surface area (Å²) in [6.07, 6.45) is 0.114. The molecular formula is C39H39N3O4. The van der Waals surface area contributed by atoms with Crippen LogP contribution in [0.4, 0.5) is 4.79 Å². The molecule has 0 saturated carbocycles. The molecule has 3 N–H and O–H groups in total. The van der Waals surface area contributed by atoms with Gasteiger partial charge in [0.15, 0.2) is 0 Å². The summed E-state index contributed by atoms with van der Waals surface area (Å²) in [5.74, 6) is -1.48. The molecular weight excluding hydrogens is 574 g/mol. The molecule has 0 heterocycles. The van der Waals surface area contributed by atoms with Gasteiger partial charge in [-0.25, -0.2) is 4.79 Å². The monoisotopic (exact) mass is 613 g/mol. The first kappa shape index (κ1) is 32.0. The van der Waals surface area contributed by atoms with E-state index in [0.29, 0.717) is 6.42 Å². The summed E-state index contributed by atoms with van der Waals surface area (Å²) in [5, 5.41) is 4.87. The fraction of sp³-hybridized carbons (Fsp3) is 0.205. The van der Waals surface area contributed by atoms with E-state index < -0.39 is 30.0 Å². The molecule has 234 valence electrons. The van der Waals surface area contributed by atoms with Crippen LogP contribution < -0.4 is 11.1 Å². The Kier molecular flexibility index (Phi) is 10.8. The SMILES string of the molecule is C[C@H](c1ccc2ccccc2c1)N(C(=O)C(c1ccccc1)c1ccccc1)[C@H](CCCNC(=O)OCc1ccccc1)C(N)=O. The molecule has 0 saturated heterocycles. The summed E-state index contributed by atoms with van der Waals surface area (Å²) in [4.78, 5) is 42.0. The summed E-state index contributed by atoms with van der Waals surface area (Å²) >= 11 is 0. The van der Waals surface area contributed by atoms with E-state index in [1.165, 1.54) is 0 Å². The molecule has 5 aromatic rings. The first-order valence-electron chi connectivity index (χ1n) is 15.6. The van der Waals surface area contributed by atoms with Crippen molar-refractivity contribution in [2.45, 2.75) is 44.4 Å². The highest BCUT2D eigenvalue weighted by Gasteiger charge is 2.37. The maximum atomic E-state index is 14.9. The van der Waals surface area contributed by atoms with Gasteiger partial charge >= 0.3 is 6.09 Å². The fourth-order valence-corrected chi connectivity index (χ4v) is 5.84. The van der Waals surface area contributed by atoms with E-state index in [4.69, 9.17) is 10.5 Å². The molecule has 0 bridgehead atoms. The van der Waals surface area contributed by atoms with Crippen LogP contribution in [-0.2, 0) is 20.9 Å². The van der Waals surface area contributed by atoms with Crippen LogP contribution in [0, 0.1) is 0 Å². The Bertz CT molecular complexity index is 1710. The standard InChI is InChI=1S/C39H39N3O4/c1-28(33-24-23-30-16-11-12-21-34(30)26-33)42(38(44)36(31-17-7-3-8-18-31)32-19-9-4-10-20-32)35(37(40)43)22-13-25-41-39(45)46-27-29-14-5-2-6-15-29/h2-12,14-21,23-24,26,28,35-36H,13,22,25,27H2,1H3,(H2,40,43)(H,41,45)/t28-,35-/m1/s1. The fourth-order valence-electron chi connectivity index (χ4n) is 5.84. The predicted octanol–water partition coefficient (Wildman–Crippen LogP) is 7.12. The van der Waals surface area contributed by atoms with Gasteiger partial charge in [-0.2, -0.15) is 0 Å². The van der Waals surface area contributed by atoms with Gasteiger partial charge in [-0.05, 0) is 58.9 Å². The molecule has 0 aromatic heterocycles. The third-order valence-electron chi connectivity index (χ3n) is 8.24. The smallest absolute Gasteiger partial charge is 0.407 e. The third kappa shape index (κ3) is 7.99. The van der Waals surface area contributed by atoms with Crippen molar-refractivity contribution in [3.63, 3.8) is 0 Å². The van der Waals surface area contributed by atoms with Crippen LogP contribution in [0.15, 0.2) is 133 Å². The highest BCUT2D eigenvalue weighted by molar-refractivity contribution is 5.92. The number of fused-ring (bicyclic) bond motifs is 1. The second kappa shape index (κ2) is 15.5. The number of alkyl carbamates (subject to hydrolysis) is 1. The van der Waals surface area contributed by atoms with Crippen molar-refractivity contribution < 1.29 is 19.1 Å². The number of nitrogens with zero attached hydrogens (tertiary/aromatic N) is 1. The molecule has 3 amide bonds. The quantitative estimate of drug-likeness (QED) is 0.138. The first-order chi connectivity index (χ1) is 22.4. The largest absolute Gasteiger partial charge is 0.445 e. The van der Waals surface area contributed by atoms with Gasteiger partial charge in [0.25, 0.3) is 0 Å². The zero-order chi connectivity index (χ0) is 32.3. The number of nitrogens with two attached hydrogens (primary N) is 1. The van der Waals surface area contributed by atoms with Crippen molar-refractivity contribution >= 4 is 28.7 Å². The third-order valence-corrected chi connectivity index (χ3v) is 8.24. The van der Waals surface area contributed by atoms with Crippen LogP contribution >= 0.6 is 0 Å². The van der Waals surface area contributed by atoms with Crippen LogP contribution in [0.3, 0.4) is 0 Å². The van der Waals surface area contributed by atoms with Gasteiger partial charge in [-0.3, -0.25) is 9.59 Å². The molecule has 0 aliphatic heterocycles. The van der Waals surface area contributed by atoms with Gasteiger partial charge in [0.2, 0.25) is 11.8 Å². The van der Waals surface area contributed by atoms with Gasteiger partial charge < -0.3 is 20.7 Å². The zero-order valence-corrected chi connectivity index (χ0v) is 25.9. The number of hydrogen-bond donors (Lipinski definition) is 2. The summed E-state index contributed by atoms with van der Waals surface area (Å²) in [5.41, 5.74) is 9.48. The van der Waals surface area contributed by atoms with E-state index in [-0.39, 0.29) is 25.5 Å². The second-order valence-corrected chi connectivity index (χ2v) is 11.3. The molecule has 5 rings (SSSR count). The number of carbonyl (C=O) groups excluding carboxylic acids is 3. The van der Waals surface area contributed by atoms with E-state index in [9.17, 15) is 14.4 Å². The molecule has 0 aliphatic rings. The van der Waals surface area contributed by atoms with Crippen molar-refractivity contribution in [2.75, 3.05) is 6.54 Å². The van der Waals surface area contributed by atoms with Crippen molar-refractivity contribution in [2.24, 2.45) is 5.73 Å². The lowest BCUT2D eigenvalue weighted by Crippen LogP contribution is -2.51. The number of amides is 3. The van der Waals surface area contributed by atoms with Crippen LogP contribution in [0.5, 0.6) is 0 Å². The normalized spacial score (nSPS) is 12.3. The van der Waals surface area contributed by atoms with Crippen LogP contribution in [0.25, 0.3) is 10.8 Å². The van der Waals surface area contributed by atoms with E-state index >= 15 is 0 Å². The summed E-state index contributed by atoms with van der Waals surface area (Å²) in [7, 11) is 0.